The van der Waals surface area contributed by atoms with Gasteiger partial charge in [0.25, 0.3) is 11.8 Å². The Kier molecular flexibility index (Phi) is 7.07. The lowest BCUT2D eigenvalue weighted by Gasteiger charge is -2.21. The largest absolute Gasteiger partial charge is 0.487 e. The molecule has 0 aliphatic carbocycles. The summed E-state index contributed by atoms with van der Waals surface area (Å²) in [5, 5.41) is 16.5. The van der Waals surface area contributed by atoms with Gasteiger partial charge >= 0.3 is 5.97 Å². The molecule has 4 bridgehead atoms. The van der Waals surface area contributed by atoms with Gasteiger partial charge in [-0.25, -0.2) is 4.79 Å². The molecule has 3 aliphatic rings. The van der Waals surface area contributed by atoms with E-state index >= 15 is 0 Å². The number of carboxylic acids is 1. The maximum absolute atomic E-state index is 13.4. The van der Waals surface area contributed by atoms with E-state index < -0.39 is 17.9 Å². The maximum atomic E-state index is 13.4. The van der Waals surface area contributed by atoms with E-state index in [1.807, 2.05) is 55.5 Å². The number of likely N-dealkylation sites (tertiary alicyclic amines) is 1. The molecule has 10 nitrogen and oxygen atoms in total. The molecule has 4 aromatic rings. The van der Waals surface area contributed by atoms with Gasteiger partial charge in [-0.2, -0.15) is 0 Å². The number of nitrogens with one attached hydrogen (secondary N) is 2. The minimum Gasteiger partial charge on any atom is -0.487 e. The van der Waals surface area contributed by atoms with Gasteiger partial charge in [-0.05, 0) is 54.4 Å². The lowest BCUT2D eigenvalue weighted by Crippen LogP contribution is -2.45. The highest BCUT2D eigenvalue weighted by atomic mass is 16.5. The lowest BCUT2D eigenvalue weighted by atomic mass is 10.1. The zero-order valence-electron chi connectivity index (χ0n) is 22.4. The van der Waals surface area contributed by atoms with E-state index in [1.54, 1.807) is 0 Å². The fourth-order valence-corrected chi connectivity index (χ4v) is 5.27. The molecule has 0 spiro atoms. The van der Waals surface area contributed by atoms with Crippen LogP contribution in [-0.4, -0.2) is 59.6 Å². The number of amides is 2. The Bertz CT molecular complexity index is 1630. The van der Waals surface area contributed by atoms with Crippen molar-refractivity contribution in [3.63, 3.8) is 0 Å². The third-order valence-electron chi connectivity index (χ3n) is 7.45. The maximum Gasteiger partial charge on any atom is 0.335 e. The van der Waals surface area contributed by atoms with Gasteiger partial charge in [0.2, 0.25) is 0 Å². The van der Waals surface area contributed by atoms with Crippen molar-refractivity contribution in [2.75, 3.05) is 19.7 Å². The first kappa shape index (κ1) is 26.4. The van der Waals surface area contributed by atoms with E-state index in [9.17, 15) is 19.5 Å². The predicted molar refractivity (Wildman–Crippen MR) is 149 cm³/mol. The summed E-state index contributed by atoms with van der Waals surface area (Å²) in [5.41, 5.74) is 2.78. The molecule has 4 heterocycles. The third-order valence-corrected chi connectivity index (χ3v) is 7.45. The average Bonchev–Trinajstić information content (AvgIpc) is 3.49. The summed E-state index contributed by atoms with van der Waals surface area (Å²) in [4.78, 5) is 39.7. The first-order valence-electron chi connectivity index (χ1n) is 13.4. The predicted octanol–water partition coefficient (Wildman–Crippen LogP) is 3.51. The number of hydrogen-bond acceptors (Lipinski definition) is 7. The third kappa shape index (κ3) is 5.73. The number of hydrogen-bond donors (Lipinski definition) is 3. The van der Waals surface area contributed by atoms with Crippen LogP contribution in [0.1, 0.15) is 37.6 Å². The van der Waals surface area contributed by atoms with Gasteiger partial charge in [0.15, 0.2) is 6.61 Å². The smallest absolute Gasteiger partial charge is 0.335 e. The van der Waals surface area contributed by atoms with Crippen LogP contribution in [0.2, 0.25) is 0 Å². The molecule has 2 amide bonds. The molecule has 10 heteroatoms. The molecule has 2 atom stereocenters. The number of benzene rings is 3. The Morgan fingerprint density at radius 3 is 2.61 bits per heavy atom. The minimum atomic E-state index is -1.21. The number of ether oxygens (including phenoxy) is 2. The standard InChI is InChI=1S/C31H29N3O7/c1-18-24-4-2-3-5-26(24)41-27(18)15-34-14-25-28(16-34)40-22-8-6-19(7-9-22)13-32-29(35)17-39-23-11-20(30(36)33-25)10-21(12-23)31(37)38/h2-12,25,28H,13-17H2,1H3,(H,32,35)(H,33,36)(H,37,38)/t25-,28-/m0/s1. The van der Waals surface area contributed by atoms with Crippen molar-refractivity contribution in [2.45, 2.75) is 32.2 Å². The highest BCUT2D eigenvalue weighted by Crippen LogP contribution is 2.28. The molecule has 7 rings (SSSR count). The first-order chi connectivity index (χ1) is 19.8. The van der Waals surface area contributed by atoms with Crippen molar-refractivity contribution in [3.05, 3.63) is 94.7 Å². The van der Waals surface area contributed by atoms with Crippen LogP contribution < -0.4 is 20.1 Å². The Morgan fingerprint density at radius 2 is 1.83 bits per heavy atom. The van der Waals surface area contributed by atoms with Crippen LogP contribution in [0.3, 0.4) is 0 Å². The summed E-state index contributed by atoms with van der Waals surface area (Å²) in [7, 11) is 0. The molecule has 1 aromatic heterocycles. The summed E-state index contributed by atoms with van der Waals surface area (Å²) in [6.45, 7) is 3.57. The number of carbonyl (C=O) groups is 3. The van der Waals surface area contributed by atoms with Gasteiger partial charge in [-0.3, -0.25) is 14.5 Å². The van der Waals surface area contributed by atoms with E-state index in [0.717, 1.165) is 27.9 Å². The number of carboxylic acid groups (broad SMARTS) is 1. The van der Waals surface area contributed by atoms with Crippen LogP contribution in [0.25, 0.3) is 11.0 Å². The second-order valence-corrected chi connectivity index (χ2v) is 10.3. The number of nitrogens with zero attached hydrogens (tertiary/aromatic N) is 1. The molecule has 3 N–H and O–H groups in total. The number of aryl methyl sites for hydroxylation is 1. The van der Waals surface area contributed by atoms with Crippen molar-refractivity contribution >= 4 is 28.8 Å². The van der Waals surface area contributed by atoms with E-state index in [1.165, 1.54) is 18.2 Å². The highest BCUT2D eigenvalue weighted by molar-refractivity contribution is 5.98. The van der Waals surface area contributed by atoms with Crippen LogP contribution in [-0.2, 0) is 17.9 Å². The Hall–Kier alpha value is -4.83. The molecular weight excluding hydrogens is 526 g/mol. The van der Waals surface area contributed by atoms with Crippen molar-refractivity contribution in [2.24, 2.45) is 0 Å². The first-order valence-corrected chi connectivity index (χ1v) is 13.4. The van der Waals surface area contributed by atoms with Gasteiger partial charge in [-0.1, -0.05) is 30.3 Å². The van der Waals surface area contributed by atoms with Crippen LogP contribution in [0.4, 0.5) is 0 Å². The summed E-state index contributed by atoms with van der Waals surface area (Å²) in [5.74, 6) is -0.462. The Morgan fingerprint density at radius 1 is 1.02 bits per heavy atom. The molecule has 0 unspecified atom stereocenters. The van der Waals surface area contributed by atoms with Crippen molar-refractivity contribution in [3.8, 4) is 11.5 Å². The second-order valence-electron chi connectivity index (χ2n) is 10.3. The average molecular weight is 556 g/mol. The number of aromatic carboxylic acids is 1. The topological polar surface area (TPSA) is 130 Å². The van der Waals surface area contributed by atoms with Crippen molar-refractivity contribution in [1.29, 1.82) is 0 Å². The quantitative estimate of drug-likeness (QED) is 0.350. The zero-order valence-corrected chi connectivity index (χ0v) is 22.4. The molecule has 0 radical (unpaired) electrons. The van der Waals surface area contributed by atoms with Gasteiger partial charge in [-0.15, -0.1) is 0 Å². The summed E-state index contributed by atoms with van der Waals surface area (Å²) >= 11 is 0. The van der Waals surface area contributed by atoms with Crippen LogP contribution in [0, 0.1) is 6.92 Å². The SMILES string of the molecule is Cc1c(CN2C[C@@H]3NC(=O)c4cc(cc(C(=O)O)c4)OCC(=O)NCc4ccc(cc4)O[C@H]3C2)oc2ccccc12. The number of para-hydroxylation sites is 1. The molecule has 1 saturated heterocycles. The monoisotopic (exact) mass is 555 g/mol. The summed E-state index contributed by atoms with van der Waals surface area (Å²) < 4.78 is 18.1. The van der Waals surface area contributed by atoms with Gasteiger partial charge in [0, 0.05) is 30.6 Å². The van der Waals surface area contributed by atoms with Crippen molar-refractivity contribution in [1.82, 2.24) is 15.5 Å². The molecule has 41 heavy (non-hydrogen) atoms. The Labute approximate surface area is 235 Å². The molecule has 0 saturated carbocycles. The van der Waals surface area contributed by atoms with E-state index in [4.69, 9.17) is 13.9 Å². The van der Waals surface area contributed by atoms with Crippen LogP contribution in [0.5, 0.6) is 11.5 Å². The van der Waals surface area contributed by atoms with Gasteiger partial charge in [0.05, 0.1) is 18.2 Å². The molecule has 3 aromatic carbocycles. The minimum absolute atomic E-state index is 0.110. The fourth-order valence-electron chi connectivity index (χ4n) is 5.27. The summed E-state index contributed by atoms with van der Waals surface area (Å²) in [6, 6.07) is 18.9. The van der Waals surface area contributed by atoms with Crippen LogP contribution in [0.15, 0.2) is 71.1 Å². The van der Waals surface area contributed by atoms with E-state index in [-0.39, 0.29) is 35.5 Å². The lowest BCUT2D eigenvalue weighted by molar-refractivity contribution is -0.123. The highest BCUT2D eigenvalue weighted by Gasteiger charge is 2.36. The fraction of sp³-hybridized carbons (Fsp3) is 0.258. The number of fused-ring (bicyclic) bond motifs is 8. The van der Waals surface area contributed by atoms with Crippen LogP contribution >= 0.6 is 0 Å². The number of furan rings is 1. The van der Waals surface area contributed by atoms with Crippen molar-refractivity contribution < 1.29 is 33.4 Å². The number of carbonyl (C=O) groups excluding carboxylic acids is 2. The Balaban J connectivity index is 1.30. The van der Waals surface area contributed by atoms with Gasteiger partial charge in [0.1, 0.15) is 28.9 Å². The second kappa shape index (κ2) is 11.0. The number of rotatable bonds is 3. The van der Waals surface area contributed by atoms with Gasteiger partial charge < -0.3 is 29.6 Å². The normalized spacial score (nSPS) is 19.5. The zero-order chi connectivity index (χ0) is 28.5. The summed E-state index contributed by atoms with van der Waals surface area (Å²) in [6.07, 6.45) is -0.386. The molecule has 1 fully saturated rings. The molecule has 3 aliphatic heterocycles. The van der Waals surface area contributed by atoms with E-state index in [2.05, 4.69) is 15.5 Å². The molecule has 210 valence electrons. The van der Waals surface area contributed by atoms with E-state index in [0.29, 0.717) is 31.9 Å². The molecular formula is C31H29N3O7.